The third-order valence-corrected chi connectivity index (χ3v) is 1.84. The van der Waals surface area contributed by atoms with Crippen molar-refractivity contribution in [2.75, 3.05) is 0 Å². The second-order valence-corrected chi connectivity index (χ2v) is 3.17. The molecule has 0 aliphatic carbocycles. The van der Waals surface area contributed by atoms with Crippen LogP contribution in [0.25, 0.3) is 0 Å². The molecule has 0 saturated heterocycles. The summed E-state index contributed by atoms with van der Waals surface area (Å²) in [5.74, 6) is 0. The van der Waals surface area contributed by atoms with Crippen molar-refractivity contribution in [2.24, 2.45) is 5.41 Å². The summed E-state index contributed by atoms with van der Waals surface area (Å²) < 4.78 is 0. The van der Waals surface area contributed by atoms with Crippen LogP contribution in [0.1, 0.15) is 20.8 Å². The average Bonchev–Trinajstić information content (AvgIpc) is 1.35. The van der Waals surface area contributed by atoms with Gasteiger partial charge in [-0.3, -0.25) is 0 Å². The molecular weight excluding hydrogens is 158 g/mol. The molecule has 0 aliphatic heterocycles. The van der Waals surface area contributed by atoms with Gasteiger partial charge in [-0.05, 0) is 0 Å². The summed E-state index contributed by atoms with van der Waals surface area (Å²) in [7, 11) is 0. The third kappa shape index (κ3) is 15.7. The molecule has 0 rings (SSSR count). The number of rotatable bonds is 0. The van der Waals surface area contributed by atoms with Crippen LogP contribution < -0.4 is 0 Å². The highest BCUT2D eigenvalue weighted by Crippen LogP contribution is 2.15. The van der Waals surface area contributed by atoms with E-state index < -0.39 is 0 Å². The van der Waals surface area contributed by atoms with Gasteiger partial charge >= 0.3 is 0 Å². The zero-order chi connectivity index (χ0) is 5.21. The molecule has 50 valence electrons. The van der Waals surface area contributed by atoms with Gasteiger partial charge < -0.3 is 0 Å². The Morgan fingerprint density at radius 2 is 1.25 bits per heavy atom. The number of hydrogen-bond donors (Lipinski definition) is 0. The van der Waals surface area contributed by atoms with Crippen molar-refractivity contribution in [1.82, 2.24) is 0 Å². The topological polar surface area (TPSA) is 0 Å². The van der Waals surface area contributed by atoms with E-state index in [4.69, 9.17) is 0 Å². The van der Waals surface area contributed by atoms with E-state index in [1.807, 2.05) is 0 Å². The van der Waals surface area contributed by atoms with E-state index in [2.05, 4.69) is 37.1 Å². The molecule has 0 aromatic carbocycles. The highest BCUT2D eigenvalue weighted by Gasteiger charge is 2.02. The average molecular weight is 171 g/mol. The van der Waals surface area contributed by atoms with E-state index in [0.29, 0.717) is 5.41 Å². The minimum Gasteiger partial charge on any atom is -0.147 e. The van der Waals surface area contributed by atoms with E-state index >= 15 is 0 Å². The van der Waals surface area contributed by atoms with Crippen LogP contribution >= 0.6 is 24.8 Å². The largest absolute Gasteiger partial charge is 0.147 e. The molecule has 0 bridgehead atoms. The van der Waals surface area contributed by atoms with Crippen molar-refractivity contribution < 1.29 is 0 Å². The lowest BCUT2D eigenvalue weighted by Gasteiger charge is -2.13. The molecule has 0 fully saturated rings. The van der Waals surface area contributed by atoms with E-state index in [0.717, 1.165) is 0 Å². The van der Waals surface area contributed by atoms with Gasteiger partial charge in [0.1, 0.15) is 16.3 Å². The normalized spacial score (nSPS) is 8.88. The first-order valence-corrected chi connectivity index (χ1v) is 3.08. The van der Waals surface area contributed by atoms with Crippen LogP contribution in [0.2, 0.25) is 5.28 Å². The molecule has 0 aliphatic rings. The first-order chi connectivity index (χ1) is 2.56. The lowest BCUT2D eigenvalue weighted by Crippen LogP contribution is -2.01. The van der Waals surface area contributed by atoms with Gasteiger partial charge in [0, 0.05) is 0 Å². The summed E-state index contributed by atoms with van der Waals surface area (Å²) in [6.07, 6.45) is 0. The van der Waals surface area contributed by atoms with Crippen LogP contribution in [0, 0.1) is 5.41 Å². The Hall–Kier alpha value is 1.11. The lowest BCUT2D eigenvalue weighted by atomic mass is 10.0. The van der Waals surface area contributed by atoms with Crippen LogP contribution in [-0.2, 0) is 0 Å². The smallest absolute Gasteiger partial charge is 0.118 e. The maximum absolute atomic E-state index is 2.72. The Morgan fingerprint density at radius 3 is 1.25 bits per heavy atom. The lowest BCUT2D eigenvalue weighted by molar-refractivity contribution is 0.469. The molecule has 0 heterocycles. The molecule has 2 radical (unpaired) electrons. The van der Waals surface area contributed by atoms with Crippen LogP contribution in [-0.4, -0.2) is 16.3 Å². The summed E-state index contributed by atoms with van der Waals surface area (Å²) in [6.45, 7) is 6.67. The Kier molecular flexibility index (Phi) is 12.5. The quantitative estimate of drug-likeness (QED) is 0.491. The summed E-state index contributed by atoms with van der Waals surface area (Å²) in [4.78, 5) is 0. The summed E-state index contributed by atoms with van der Waals surface area (Å²) in [5.41, 5.74) is 0.505. The second-order valence-electron chi connectivity index (χ2n) is 2.76. The maximum atomic E-state index is 2.72. The molecule has 0 aromatic rings. The molecular formula is C5H13AlCl2. The molecule has 0 nitrogen and oxygen atoms in total. The van der Waals surface area contributed by atoms with Crippen molar-refractivity contribution in [3.63, 3.8) is 0 Å². The van der Waals surface area contributed by atoms with Gasteiger partial charge in [-0.15, -0.1) is 30.1 Å². The van der Waals surface area contributed by atoms with E-state index in [9.17, 15) is 0 Å². The minimum absolute atomic E-state index is 0. The van der Waals surface area contributed by atoms with Crippen molar-refractivity contribution in [1.29, 1.82) is 0 Å². The van der Waals surface area contributed by atoms with Gasteiger partial charge in [0.05, 0.1) is 0 Å². The predicted molar refractivity (Wildman–Crippen MR) is 44.5 cm³/mol. The fourth-order valence-electron chi connectivity index (χ4n) is 0. The first kappa shape index (κ1) is 16.1. The highest BCUT2D eigenvalue weighted by molar-refractivity contribution is 6.08. The fourth-order valence-corrected chi connectivity index (χ4v) is 0. The Balaban J connectivity index is -0.000000125. The minimum atomic E-state index is 0. The van der Waals surface area contributed by atoms with E-state index in [1.165, 1.54) is 5.28 Å². The molecule has 0 atom stereocenters. The summed E-state index contributed by atoms with van der Waals surface area (Å²) >= 11 is 2.72. The van der Waals surface area contributed by atoms with Crippen molar-refractivity contribution in [3.8, 4) is 0 Å². The second kappa shape index (κ2) is 6.24. The Bertz CT molecular complexity index is 40.2. The van der Waals surface area contributed by atoms with Crippen molar-refractivity contribution in [3.05, 3.63) is 0 Å². The third-order valence-electron chi connectivity index (χ3n) is 0.612. The maximum Gasteiger partial charge on any atom is 0.118 e. The fraction of sp³-hybridized carbons (Fsp3) is 1.00. The zero-order valence-electron chi connectivity index (χ0n) is 5.60. The van der Waals surface area contributed by atoms with E-state index in [1.54, 1.807) is 0 Å². The van der Waals surface area contributed by atoms with Gasteiger partial charge in [-0.1, -0.05) is 26.2 Å². The molecule has 3 heteroatoms. The molecule has 0 unspecified atom stereocenters. The van der Waals surface area contributed by atoms with Gasteiger partial charge in [0.15, 0.2) is 0 Å². The predicted octanol–water partition coefficient (Wildman–Crippen LogP) is 2.46. The highest BCUT2D eigenvalue weighted by atomic mass is 35.5. The molecule has 0 saturated carbocycles. The SMILES string of the molecule is CC(C)(C)[CH2][Al].Cl.Cl. The van der Waals surface area contributed by atoms with Crippen LogP contribution in [0.4, 0.5) is 0 Å². The van der Waals surface area contributed by atoms with Gasteiger partial charge in [0.25, 0.3) is 0 Å². The van der Waals surface area contributed by atoms with Crippen LogP contribution in [0.5, 0.6) is 0 Å². The summed E-state index contributed by atoms with van der Waals surface area (Å²) in [5, 5.41) is 1.19. The van der Waals surface area contributed by atoms with Gasteiger partial charge in [-0.25, -0.2) is 0 Å². The number of halogens is 2. The molecule has 0 spiro atoms. The van der Waals surface area contributed by atoms with E-state index in [-0.39, 0.29) is 24.8 Å². The Morgan fingerprint density at radius 1 is 1.12 bits per heavy atom. The first-order valence-electron chi connectivity index (χ1n) is 2.26. The van der Waals surface area contributed by atoms with Crippen LogP contribution in [0.3, 0.4) is 0 Å². The van der Waals surface area contributed by atoms with Crippen molar-refractivity contribution >= 4 is 41.1 Å². The number of hydrogen-bond acceptors (Lipinski definition) is 0. The van der Waals surface area contributed by atoms with Gasteiger partial charge in [-0.2, -0.15) is 0 Å². The van der Waals surface area contributed by atoms with Gasteiger partial charge in [0.2, 0.25) is 0 Å². The Labute approximate surface area is 72.7 Å². The van der Waals surface area contributed by atoms with Crippen molar-refractivity contribution in [2.45, 2.75) is 26.1 Å². The summed E-state index contributed by atoms with van der Waals surface area (Å²) in [6, 6.07) is 0. The molecule has 8 heavy (non-hydrogen) atoms. The standard InChI is InChI=1S/C5H11.Al.2ClH/c1-5(2,3)4;;;/h1H2,2-4H3;;2*1H. The molecule has 0 N–H and O–H groups in total. The van der Waals surface area contributed by atoms with Crippen LogP contribution in [0.15, 0.2) is 0 Å². The molecule has 0 aromatic heterocycles. The zero-order valence-corrected chi connectivity index (χ0v) is 8.39. The molecule has 0 amide bonds. The monoisotopic (exact) mass is 170 g/mol.